The fraction of sp³-hybridized carbons (Fsp3) is 0.143. The van der Waals surface area contributed by atoms with Gasteiger partial charge in [0.15, 0.2) is 0 Å². The van der Waals surface area contributed by atoms with Crippen LogP contribution in [0.15, 0.2) is 12.4 Å². The molecule has 0 bridgehead atoms. The van der Waals surface area contributed by atoms with Gasteiger partial charge in [0, 0.05) is 0 Å². The summed E-state index contributed by atoms with van der Waals surface area (Å²) in [5.41, 5.74) is 5.48. The number of hydrogen-bond acceptors (Lipinski definition) is 7. The summed E-state index contributed by atoms with van der Waals surface area (Å²) in [5.74, 6) is -0.232. The van der Waals surface area contributed by atoms with Gasteiger partial charge >= 0.3 is 0 Å². The SMILES string of the molecule is Cn1nnc(NC(=O)c2cncc(N)n2)n1. The molecule has 16 heavy (non-hydrogen) atoms. The van der Waals surface area contributed by atoms with Crippen molar-refractivity contribution in [2.45, 2.75) is 0 Å². The third-order valence-corrected chi connectivity index (χ3v) is 1.62. The van der Waals surface area contributed by atoms with E-state index in [2.05, 4.69) is 30.7 Å². The topological polar surface area (TPSA) is 124 Å². The lowest BCUT2D eigenvalue weighted by atomic mass is 10.4. The van der Waals surface area contributed by atoms with Crippen molar-refractivity contribution in [2.24, 2.45) is 7.05 Å². The number of aromatic nitrogens is 6. The van der Waals surface area contributed by atoms with Crippen LogP contribution in [0.2, 0.25) is 0 Å². The molecule has 0 aliphatic carbocycles. The molecule has 2 rings (SSSR count). The van der Waals surface area contributed by atoms with Crippen molar-refractivity contribution in [1.29, 1.82) is 0 Å². The van der Waals surface area contributed by atoms with Crippen molar-refractivity contribution in [3.8, 4) is 0 Å². The second-order valence-corrected chi connectivity index (χ2v) is 2.89. The lowest BCUT2D eigenvalue weighted by Crippen LogP contribution is -2.15. The van der Waals surface area contributed by atoms with Crippen LogP contribution in [0.5, 0.6) is 0 Å². The van der Waals surface area contributed by atoms with Gasteiger partial charge in [0.25, 0.3) is 11.9 Å². The van der Waals surface area contributed by atoms with Crippen LogP contribution in [0.3, 0.4) is 0 Å². The number of nitrogen functional groups attached to an aromatic ring is 1. The van der Waals surface area contributed by atoms with Crippen LogP contribution in [0.1, 0.15) is 10.5 Å². The second-order valence-electron chi connectivity index (χ2n) is 2.89. The predicted molar refractivity (Wildman–Crippen MR) is 53.2 cm³/mol. The van der Waals surface area contributed by atoms with Gasteiger partial charge in [-0.25, -0.2) is 4.98 Å². The molecular formula is C7H8N8O. The molecule has 82 valence electrons. The van der Waals surface area contributed by atoms with E-state index in [9.17, 15) is 4.79 Å². The van der Waals surface area contributed by atoms with Crippen molar-refractivity contribution in [2.75, 3.05) is 11.1 Å². The molecule has 2 heterocycles. The van der Waals surface area contributed by atoms with E-state index in [0.717, 1.165) is 0 Å². The smallest absolute Gasteiger partial charge is 0.278 e. The Bertz CT molecular complexity index is 521. The molecule has 0 saturated carbocycles. The maximum atomic E-state index is 11.6. The van der Waals surface area contributed by atoms with Gasteiger partial charge < -0.3 is 5.73 Å². The first kappa shape index (κ1) is 9.96. The molecule has 0 atom stereocenters. The van der Waals surface area contributed by atoms with E-state index < -0.39 is 5.91 Å². The van der Waals surface area contributed by atoms with Gasteiger partial charge in [-0.2, -0.15) is 4.80 Å². The van der Waals surface area contributed by atoms with Gasteiger partial charge in [0.2, 0.25) is 0 Å². The number of nitrogens with one attached hydrogen (secondary N) is 1. The van der Waals surface area contributed by atoms with Crippen molar-refractivity contribution in [1.82, 2.24) is 30.2 Å². The zero-order valence-corrected chi connectivity index (χ0v) is 8.32. The Balaban J connectivity index is 2.14. The Labute approximate surface area is 89.7 Å². The average Bonchev–Trinajstić information content (AvgIpc) is 2.64. The minimum absolute atomic E-state index is 0.0902. The molecule has 0 radical (unpaired) electrons. The number of amides is 1. The highest BCUT2D eigenvalue weighted by molar-refractivity contribution is 6.01. The third-order valence-electron chi connectivity index (χ3n) is 1.62. The minimum Gasteiger partial charge on any atom is -0.382 e. The zero-order valence-electron chi connectivity index (χ0n) is 8.32. The van der Waals surface area contributed by atoms with Gasteiger partial charge in [-0.3, -0.25) is 15.1 Å². The molecule has 1 amide bonds. The molecule has 9 heteroatoms. The molecule has 3 N–H and O–H groups in total. The van der Waals surface area contributed by atoms with Gasteiger partial charge in [0.05, 0.1) is 19.4 Å². The van der Waals surface area contributed by atoms with Crippen molar-refractivity contribution in [3.05, 3.63) is 18.1 Å². The van der Waals surface area contributed by atoms with E-state index in [4.69, 9.17) is 5.73 Å². The Hall–Kier alpha value is -2.58. The van der Waals surface area contributed by atoms with Crippen LogP contribution in [-0.4, -0.2) is 36.1 Å². The monoisotopic (exact) mass is 220 g/mol. The normalized spacial score (nSPS) is 10.1. The van der Waals surface area contributed by atoms with Gasteiger partial charge in [-0.1, -0.05) is 5.10 Å². The van der Waals surface area contributed by atoms with E-state index in [1.807, 2.05) is 0 Å². The highest BCUT2D eigenvalue weighted by Crippen LogP contribution is 2.00. The summed E-state index contributed by atoms with van der Waals surface area (Å²) in [6.07, 6.45) is 2.64. The molecule has 0 unspecified atom stereocenters. The highest BCUT2D eigenvalue weighted by Gasteiger charge is 2.11. The standard InChI is InChI=1S/C7H8N8O/c1-15-13-7(12-14-15)11-6(16)4-2-9-3-5(8)10-4/h2-3H,1H3,(H2,8,10)(H,11,13,16). The summed E-state index contributed by atoms with van der Waals surface area (Å²) in [7, 11) is 1.59. The molecule has 0 aliphatic rings. The number of nitrogens with zero attached hydrogens (tertiary/aromatic N) is 6. The van der Waals surface area contributed by atoms with Crippen molar-refractivity contribution >= 4 is 17.7 Å². The Kier molecular flexibility index (Phi) is 2.42. The first-order chi connectivity index (χ1) is 7.65. The number of carbonyl (C=O) groups excluding carboxylic acids is 1. The van der Waals surface area contributed by atoms with E-state index in [0.29, 0.717) is 0 Å². The lowest BCUT2D eigenvalue weighted by molar-refractivity contribution is 0.102. The van der Waals surface area contributed by atoms with Gasteiger partial charge in [-0.15, -0.1) is 5.10 Å². The summed E-state index contributed by atoms with van der Waals surface area (Å²) in [6.45, 7) is 0. The van der Waals surface area contributed by atoms with E-state index >= 15 is 0 Å². The quantitative estimate of drug-likeness (QED) is 0.653. The Morgan fingerprint density at radius 3 is 2.94 bits per heavy atom. The van der Waals surface area contributed by atoms with Crippen LogP contribution < -0.4 is 11.1 Å². The fourth-order valence-electron chi connectivity index (χ4n) is 0.990. The Morgan fingerprint density at radius 1 is 1.50 bits per heavy atom. The van der Waals surface area contributed by atoms with Crippen LogP contribution in [0.25, 0.3) is 0 Å². The van der Waals surface area contributed by atoms with Gasteiger partial charge in [-0.05, 0) is 5.21 Å². The van der Waals surface area contributed by atoms with E-state index in [1.54, 1.807) is 7.05 Å². The van der Waals surface area contributed by atoms with Crippen molar-refractivity contribution in [3.63, 3.8) is 0 Å². The number of aryl methyl sites for hydroxylation is 1. The summed E-state index contributed by atoms with van der Waals surface area (Å²) in [6, 6.07) is 0. The molecule has 0 spiro atoms. The summed E-state index contributed by atoms with van der Waals surface area (Å²) in [4.78, 5) is 20.4. The Morgan fingerprint density at radius 2 is 2.31 bits per heavy atom. The third kappa shape index (κ3) is 2.08. The number of hydrogen-bond donors (Lipinski definition) is 2. The summed E-state index contributed by atoms with van der Waals surface area (Å²) < 4.78 is 0. The van der Waals surface area contributed by atoms with Crippen molar-refractivity contribution < 1.29 is 4.79 Å². The maximum Gasteiger partial charge on any atom is 0.278 e. The molecule has 0 aromatic carbocycles. The minimum atomic E-state index is -0.493. The van der Waals surface area contributed by atoms with Crippen LogP contribution >= 0.6 is 0 Å². The highest BCUT2D eigenvalue weighted by atomic mass is 16.2. The summed E-state index contributed by atoms with van der Waals surface area (Å²) >= 11 is 0. The number of tetrazole rings is 1. The van der Waals surface area contributed by atoms with E-state index in [-0.39, 0.29) is 17.5 Å². The molecular weight excluding hydrogens is 212 g/mol. The molecule has 2 aromatic rings. The molecule has 0 saturated heterocycles. The number of nitrogens with two attached hydrogens (primary N) is 1. The molecule has 2 aromatic heterocycles. The summed E-state index contributed by atoms with van der Waals surface area (Å²) in [5, 5.41) is 13.3. The first-order valence-electron chi connectivity index (χ1n) is 4.28. The lowest BCUT2D eigenvalue weighted by Gasteiger charge is -1.99. The first-order valence-corrected chi connectivity index (χ1v) is 4.28. The molecule has 0 aliphatic heterocycles. The van der Waals surface area contributed by atoms with Crippen LogP contribution in [0, 0.1) is 0 Å². The van der Waals surface area contributed by atoms with Crippen LogP contribution in [0.4, 0.5) is 11.8 Å². The van der Waals surface area contributed by atoms with Gasteiger partial charge in [0.1, 0.15) is 11.5 Å². The molecule has 9 nitrogen and oxygen atoms in total. The second kappa shape index (κ2) is 3.88. The molecule has 0 fully saturated rings. The number of anilines is 2. The zero-order chi connectivity index (χ0) is 11.5. The van der Waals surface area contributed by atoms with Crippen LogP contribution in [-0.2, 0) is 7.05 Å². The maximum absolute atomic E-state index is 11.6. The van der Waals surface area contributed by atoms with E-state index in [1.165, 1.54) is 17.2 Å². The predicted octanol–water partition coefficient (Wildman–Crippen LogP) is -1.17. The number of rotatable bonds is 2. The number of carbonyl (C=O) groups is 1. The average molecular weight is 220 g/mol. The fourth-order valence-corrected chi connectivity index (χ4v) is 0.990. The largest absolute Gasteiger partial charge is 0.382 e.